The lowest BCUT2D eigenvalue weighted by atomic mass is 9.85. The van der Waals surface area contributed by atoms with Crippen LogP contribution in [0, 0.1) is 5.92 Å². The fourth-order valence-corrected chi connectivity index (χ4v) is 3.00. The summed E-state index contributed by atoms with van der Waals surface area (Å²) in [6.45, 7) is 3.22. The van der Waals surface area contributed by atoms with Gasteiger partial charge < -0.3 is 10.1 Å². The van der Waals surface area contributed by atoms with Gasteiger partial charge in [-0.1, -0.05) is 37.3 Å². The first-order valence-electron chi connectivity index (χ1n) is 7.62. The fraction of sp³-hybridized carbons (Fsp3) is 0.647. The topological polar surface area (TPSA) is 21.3 Å². The van der Waals surface area contributed by atoms with Crippen molar-refractivity contribution in [3.63, 3.8) is 0 Å². The van der Waals surface area contributed by atoms with Crippen molar-refractivity contribution in [1.82, 2.24) is 5.32 Å². The molecular formula is C17H27NO. The van der Waals surface area contributed by atoms with E-state index in [0.29, 0.717) is 12.1 Å². The molecule has 0 heterocycles. The van der Waals surface area contributed by atoms with E-state index in [9.17, 15) is 0 Å². The third kappa shape index (κ3) is 4.63. The first kappa shape index (κ1) is 14.5. The molecule has 0 spiro atoms. The van der Waals surface area contributed by atoms with E-state index in [4.69, 9.17) is 4.74 Å². The standard InChI is InChI=1S/C17H27NO/c1-14-10-11-16(18-2)17(13-14)19-12-6-9-15-7-4-3-5-8-15/h3-5,7-8,14,16-18H,6,9-13H2,1-2H3. The summed E-state index contributed by atoms with van der Waals surface area (Å²) in [7, 11) is 2.06. The average molecular weight is 261 g/mol. The Morgan fingerprint density at radius 1 is 1.21 bits per heavy atom. The van der Waals surface area contributed by atoms with Crippen LogP contribution in [0.15, 0.2) is 30.3 Å². The zero-order valence-electron chi connectivity index (χ0n) is 12.3. The van der Waals surface area contributed by atoms with E-state index in [1.807, 2.05) is 0 Å². The third-order valence-corrected chi connectivity index (χ3v) is 4.21. The summed E-state index contributed by atoms with van der Waals surface area (Å²) in [4.78, 5) is 0. The van der Waals surface area contributed by atoms with Crippen LogP contribution in [0.4, 0.5) is 0 Å². The highest BCUT2D eigenvalue weighted by molar-refractivity contribution is 5.14. The van der Waals surface area contributed by atoms with E-state index < -0.39 is 0 Å². The maximum absolute atomic E-state index is 6.12. The fourth-order valence-electron chi connectivity index (χ4n) is 3.00. The van der Waals surface area contributed by atoms with Gasteiger partial charge in [-0.3, -0.25) is 0 Å². The van der Waals surface area contributed by atoms with Gasteiger partial charge in [0.2, 0.25) is 0 Å². The Morgan fingerprint density at radius 3 is 2.74 bits per heavy atom. The van der Waals surface area contributed by atoms with E-state index in [2.05, 4.69) is 49.6 Å². The summed E-state index contributed by atoms with van der Waals surface area (Å²) in [5, 5.41) is 3.41. The largest absolute Gasteiger partial charge is 0.377 e. The highest BCUT2D eigenvalue weighted by Gasteiger charge is 2.27. The maximum atomic E-state index is 6.12. The monoisotopic (exact) mass is 261 g/mol. The number of hydrogen-bond acceptors (Lipinski definition) is 2. The Bertz CT molecular complexity index is 352. The normalized spacial score (nSPS) is 27.4. The lowest BCUT2D eigenvalue weighted by Gasteiger charge is -2.34. The van der Waals surface area contributed by atoms with Crippen molar-refractivity contribution in [2.24, 2.45) is 5.92 Å². The predicted octanol–water partition coefficient (Wildman–Crippen LogP) is 3.41. The van der Waals surface area contributed by atoms with Crippen LogP contribution in [0.25, 0.3) is 0 Å². The van der Waals surface area contributed by atoms with Gasteiger partial charge in [0.15, 0.2) is 0 Å². The summed E-state index contributed by atoms with van der Waals surface area (Å²) in [6.07, 6.45) is 6.43. The highest BCUT2D eigenvalue weighted by atomic mass is 16.5. The molecule has 106 valence electrons. The molecule has 0 radical (unpaired) electrons. The molecule has 2 nitrogen and oxygen atoms in total. The van der Waals surface area contributed by atoms with Gasteiger partial charge in [0.05, 0.1) is 6.10 Å². The Balaban J connectivity index is 1.69. The SMILES string of the molecule is CNC1CCC(C)CC1OCCCc1ccccc1. The smallest absolute Gasteiger partial charge is 0.0730 e. The molecule has 2 rings (SSSR count). The summed E-state index contributed by atoms with van der Waals surface area (Å²) >= 11 is 0. The van der Waals surface area contributed by atoms with Crippen molar-refractivity contribution < 1.29 is 4.74 Å². The Hall–Kier alpha value is -0.860. The zero-order chi connectivity index (χ0) is 13.5. The molecule has 1 saturated carbocycles. The number of nitrogens with one attached hydrogen (secondary N) is 1. The van der Waals surface area contributed by atoms with Crippen molar-refractivity contribution in [3.05, 3.63) is 35.9 Å². The van der Waals surface area contributed by atoms with Gasteiger partial charge in [-0.2, -0.15) is 0 Å². The van der Waals surface area contributed by atoms with Crippen molar-refractivity contribution in [2.75, 3.05) is 13.7 Å². The van der Waals surface area contributed by atoms with Gasteiger partial charge in [-0.05, 0) is 50.6 Å². The second-order valence-corrected chi connectivity index (χ2v) is 5.81. The van der Waals surface area contributed by atoms with Crippen LogP contribution in [0.2, 0.25) is 0 Å². The average Bonchev–Trinajstić information content (AvgIpc) is 2.45. The molecule has 1 aromatic carbocycles. The molecule has 19 heavy (non-hydrogen) atoms. The van der Waals surface area contributed by atoms with Crippen molar-refractivity contribution in [3.8, 4) is 0 Å². The van der Waals surface area contributed by atoms with Crippen LogP contribution in [-0.4, -0.2) is 25.8 Å². The van der Waals surface area contributed by atoms with Crippen LogP contribution in [0.5, 0.6) is 0 Å². The van der Waals surface area contributed by atoms with E-state index in [-0.39, 0.29) is 0 Å². The van der Waals surface area contributed by atoms with Crippen LogP contribution in [0.1, 0.15) is 38.2 Å². The lowest BCUT2D eigenvalue weighted by molar-refractivity contribution is -0.00648. The zero-order valence-corrected chi connectivity index (χ0v) is 12.3. The molecule has 0 aliphatic heterocycles. The number of benzene rings is 1. The van der Waals surface area contributed by atoms with Crippen LogP contribution >= 0.6 is 0 Å². The van der Waals surface area contributed by atoms with Gasteiger partial charge in [-0.25, -0.2) is 0 Å². The number of hydrogen-bond donors (Lipinski definition) is 1. The summed E-state index contributed by atoms with van der Waals surface area (Å²) < 4.78 is 6.12. The first-order chi connectivity index (χ1) is 9.29. The Morgan fingerprint density at radius 2 is 2.00 bits per heavy atom. The number of likely N-dealkylation sites (N-methyl/N-ethyl adjacent to an activating group) is 1. The third-order valence-electron chi connectivity index (χ3n) is 4.21. The molecule has 1 aliphatic rings. The predicted molar refractivity (Wildman–Crippen MR) is 80.4 cm³/mol. The second-order valence-electron chi connectivity index (χ2n) is 5.81. The molecule has 3 atom stereocenters. The van der Waals surface area contributed by atoms with Crippen LogP contribution < -0.4 is 5.32 Å². The molecule has 0 bridgehead atoms. The maximum Gasteiger partial charge on any atom is 0.0730 e. The van der Waals surface area contributed by atoms with Crippen molar-refractivity contribution >= 4 is 0 Å². The van der Waals surface area contributed by atoms with Gasteiger partial charge in [0.1, 0.15) is 0 Å². The van der Waals surface area contributed by atoms with Crippen LogP contribution in [0.3, 0.4) is 0 Å². The van der Waals surface area contributed by atoms with Gasteiger partial charge >= 0.3 is 0 Å². The number of aryl methyl sites for hydroxylation is 1. The minimum absolute atomic E-state index is 0.407. The first-order valence-corrected chi connectivity index (χ1v) is 7.62. The molecule has 1 fully saturated rings. The van der Waals surface area contributed by atoms with E-state index in [0.717, 1.165) is 25.4 Å². The molecule has 0 amide bonds. The highest BCUT2D eigenvalue weighted by Crippen LogP contribution is 2.26. The molecular weight excluding hydrogens is 234 g/mol. The number of rotatable bonds is 6. The minimum Gasteiger partial charge on any atom is -0.377 e. The second kappa shape index (κ2) is 7.66. The van der Waals surface area contributed by atoms with Gasteiger partial charge in [0.25, 0.3) is 0 Å². The molecule has 1 N–H and O–H groups in total. The van der Waals surface area contributed by atoms with E-state index in [1.165, 1.54) is 24.8 Å². The molecule has 0 aromatic heterocycles. The Labute approximate surface area is 117 Å². The quantitative estimate of drug-likeness (QED) is 0.792. The summed E-state index contributed by atoms with van der Waals surface area (Å²) in [6, 6.07) is 11.2. The van der Waals surface area contributed by atoms with Crippen LogP contribution in [-0.2, 0) is 11.2 Å². The lowest BCUT2D eigenvalue weighted by Crippen LogP contribution is -2.43. The van der Waals surface area contributed by atoms with E-state index >= 15 is 0 Å². The molecule has 2 heteroatoms. The van der Waals surface area contributed by atoms with Gasteiger partial charge in [0, 0.05) is 12.6 Å². The van der Waals surface area contributed by atoms with Crippen molar-refractivity contribution in [2.45, 2.75) is 51.2 Å². The molecule has 1 aromatic rings. The molecule has 3 unspecified atom stereocenters. The molecule has 0 saturated heterocycles. The van der Waals surface area contributed by atoms with Gasteiger partial charge in [-0.15, -0.1) is 0 Å². The Kier molecular flexibility index (Phi) is 5.87. The summed E-state index contributed by atoms with van der Waals surface area (Å²) in [5.74, 6) is 0.809. The van der Waals surface area contributed by atoms with Crippen molar-refractivity contribution in [1.29, 1.82) is 0 Å². The minimum atomic E-state index is 0.407. The van der Waals surface area contributed by atoms with E-state index in [1.54, 1.807) is 0 Å². The number of ether oxygens (including phenoxy) is 1. The summed E-state index contributed by atoms with van der Waals surface area (Å²) in [5.41, 5.74) is 1.41. The molecule has 1 aliphatic carbocycles.